The molecule has 4 nitrogen and oxygen atoms in total. The Morgan fingerprint density at radius 1 is 1.35 bits per heavy atom. The quantitative estimate of drug-likeness (QED) is 0.908. The van der Waals surface area contributed by atoms with Crippen molar-refractivity contribution in [3.63, 3.8) is 0 Å². The average Bonchev–Trinajstić information content (AvgIpc) is 2.86. The maximum atomic E-state index is 12.3. The van der Waals surface area contributed by atoms with Crippen LogP contribution in [0.4, 0.5) is 0 Å². The van der Waals surface area contributed by atoms with Gasteiger partial charge in [0.05, 0.1) is 10.5 Å². The molecule has 0 aliphatic carbocycles. The van der Waals surface area contributed by atoms with E-state index in [0.717, 1.165) is 23.0 Å². The molecule has 0 radical (unpaired) electrons. The number of amides is 1. The van der Waals surface area contributed by atoms with Crippen molar-refractivity contribution in [3.8, 4) is 0 Å². The fraction of sp³-hybridized carbons (Fsp3) is 0.333. The molecule has 0 spiro atoms. The SMILES string of the molecule is CCC(NC(=O)c1nn(CC)cc1Br)c1ccccc1. The summed E-state index contributed by atoms with van der Waals surface area (Å²) in [5.74, 6) is -0.153. The van der Waals surface area contributed by atoms with Crippen LogP contribution in [0.15, 0.2) is 41.0 Å². The van der Waals surface area contributed by atoms with Crippen molar-refractivity contribution in [2.75, 3.05) is 0 Å². The minimum atomic E-state index is -0.153. The van der Waals surface area contributed by atoms with Crippen LogP contribution in [0.2, 0.25) is 0 Å². The fourth-order valence-corrected chi connectivity index (χ4v) is 2.54. The van der Waals surface area contributed by atoms with Crippen LogP contribution in [-0.2, 0) is 6.54 Å². The number of hydrogen-bond acceptors (Lipinski definition) is 2. The number of benzene rings is 1. The molecule has 0 bridgehead atoms. The first kappa shape index (κ1) is 14.8. The van der Waals surface area contributed by atoms with Crippen molar-refractivity contribution in [2.24, 2.45) is 0 Å². The Balaban J connectivity index is 2.15. The van der Waals surface area contributed by atoms with E-state index in [1.54, 1.807) is 4.68 Å². The Labute approximate surface area is 127 Å². The highest BCUT2D eigenvalue weighted by Crippen LogP contribution is 2.19. The number of nitrogens with one attached hydrogen (secondary N) is 1. The van der Waals surface area contributed by atoms with Crippen molar-refractivity contribution in [2.45, 2.75) is 32.9 Å². The van der Waals surface area contributed by atoms with E-state index in [0.29, 0.717) is 5.69 Å². The molecule has 1 unspecified atom stereocenters. The van der Waals surface area contributed by atoms with Crippen LogP contribution in [-0.4, -0.2) is 15.7 Å². The van der Waals surface area contributed by atoms with Crippen LogP contribution < -0.4 is 5.32 Å². The minimum Gasteiger partial charge on any atom is -0.344 e. The number of rotatable bonds is 5. The first-order valence-corrected chi connectivity index (χ1v) is 7.53. The topological polar surface area (TPSA) is 46.9 Å². The van der Waals surface area contributed by atoms with Crippen LogP contribution in [0.1, 0.15) is 42.4 Å². The maximum Gasteiger partial charge on any atom is 0.273 e. The Morgan fingerprint density at radius 2 is 2.05 bits per heavy atom. The molecule has 1 amide bonds. The molecule has 2 rings (SSSR count). The predicted octanol–water partition coefficient (Wildman–Crippen LogP) is 3.55. The largest absolute Gasteiger partial charge is 0.344 e. The van der Waals surface area contributed by atoms with Crippen molar-refractivity contribution in [3.05, 3.63) is 52.3 Å². The minimum absolute atomic E-state index is 0.00220. The smallest absolute Gasteiger partial charge is 0.273 e. The lowest BCUT2D eigenvalue weighted by Crippen LogP contribution is -2.28. The van der Waals surface area contributed by atoms with Crippen LogP contribution in [0.5, 0.6) is 0 Å². The van der Waals surface area contributed by atoms with Crippen molar-refractivity contribution in [1.82, 2.24) is 15.1 Å². The summed E-state index contributed by atoms with van der Waals surface area (Å²) in [5.41, 5.74) is 1.54. The van der Waals surface area contributed by atoms with Gasteiger partial charge in [-0.3, -0.25) is 9.48 Å². The van der Waals surface area contributed by atoms with Gasteiger partial charge in [-0.2, -0.15) is 5.10 Å². The Kier molecular flexibility index (Phi) is 4.95. The van der Waals surface area contributed by atoms with E-state index in [9.17, 15) is 4.79 Å². The standard InChI is InChI=1S/C15H18BrN3O/c1-3-13(11-8-6-5-7-9-11)17-15(20)14-12(16)10-19(4-2)18-14/h5-10,13H,3-4H2,1-2H3,(H,17,20). The van der Waals surface area contributed by atoms with Crippen molar-refractivity contribution in [1.29, 1.82) is 0 Å². The number of carbonyl (C=O) groups is 1. The molecule has 0 fully saturated rings. The zero-order valence-corrected chi connectivity index (χ0v) is 13.2. The van der Waals surface area contributed by atoms with E-state index < -0.39 is 0 Å². The molecule has 0 saturated carbocycles. The molecule has 20 heavy (non-hydrogen) atoms. The van der Waals surface area contributed by atoms with Gasteiger partial charge in [-0.1, -0.05) is 37.3 Å². The molecule has 1 aromatic carbocycles. The summed E-state index contributed by atoms with van der Waals surface area (Å²) >= 11 is 3.38. The lowest BCUT2D eigenvalue weighted by atomic mass is 10.0. The third-order valence-electron chi connectivity index (χ3n) is 3.17. The molecule has 1 atom stereocenters. The lowest BCUT2D eigenvalue weighted by molar-refractivity contribution is 0.0929. The van der Waals surface area contributed by atoms with E-state index in [2.05, 4.69) is 33.3 Å². The number of hydrogen-bond donors (Lipinski definition) is 1. The van der Waals surface area contributed by atoms with Gasteiger partial charge >= 0.3 is 0 Å². The van der Waals surface area contributed by atoms with Gasteiger partial charge in [0.25, 0.3) is 5.91 Å². The summed E-state index contributed by atoms with van der Waals surface area (Å²) in [6.45, 7) is 4.78. The first-order chi connectivity index (χ1) is 9.65. The molecule has 1 aromatic heterocycles. The summed E-state index contributed by atoms with van der Waals surface area (Å²) in [6.07, 6.45) is 2.65. The van der Waals surface area contributed by atoms with Gasteiger partial charge in [-0.05, 0) is 34.8 Å². The van der Waals surface area contributed by atoms with Crippen LogP contribution >= 0.6 is 15.9 Å². The number of nitrogens with zero attached hydrogens (tertiary/aromatic N) is 2. The third kappa shape index (κ3) is 3.28. The molecular formula is C15H18BrN3O. The van der Waals surface area contributed by atoms with E-state index >= 15 is 0 Å². The van der Waals surface area contributed by atoms with Crippen LogP contribution in [0.3, 0.4) is 0 Å². The molecular weight excluding hydrogens is 318 g/mol. The third-order valence-corrected chi connectivity index (χ3v) is 3.75. The summed E-state index contributed by atoms with van der Waals surface area (Å²) < 4.78 is 2.46. The van der Waals surface area contributed by atoms with Crippen LogP contribution in [0.25, 0.3) is 0 Å². The number of halogens is 1. The Bertz CT molecular complexity index is 580. The second-order valence-electron chi connectivity index (χ2n) is 4.53. The fourth-order valence-electron chi connectivity index (χ4n) is 2.05. The van der Waals surface area contributed by atoms with Crippen molar-refractivity contribution >= 4 is 21.8 Å². The number of aryl methyl sites for hydroxylation is 1. The maximum absolute atomic E-state index is 12.3. The zero-order valence-electron chi connectivity index (χ0n) is 11.6. The molecule has 2 aromatic rings. The second-order valence-corrected chi connectivity index (χ2v) is 5.38. The molecule has 0 saturated heterocycles. The zero-order chi connectivity index (χ0) is 14.5. The Hall–Kier alpha value is -1.62. The highest BCUT2D eigenvalue weighted by Gasteiger charge is 2.18. The van der Waals surface area contributed by atoms with E-state index in [-0.39, 0.29) is 11.9 Å². The second kappa shape index (κ2) is 6.70. The summed E-state index contributed by atoms with van der Waals surface area (Å²) in [4.78, 5) is 12.3. The number of aromatic nitrogens is 2. The predicted molar refractivity (Wildman–Crippen MR) is 82.5 cm³/mol. The Morgan fingerprint density at radius 3 is 2.60 bits per heavy atom. The monoisotopic (exact) mass is 335 g/mol. The van der Waals surface area contributed by atoms with Gasteiger partial charge in [-0.25, -0.2) is 0 Å². The molecule has 1 heterocycles. The van der Waals surface area contributed by atoms with Gasteiger partial charge < -0.3 is 5.32 Å². The summed E-state index contributed by atoms with van der Waals surface area (Å²) in [5, 5.41) is 7.30. The average molecular weight is 336 g/mol. The lowest BCUT2D eigenvalue weighted by Gasteiger charge is -2.16. The van der Waals surface area contributed by atoms with E-state index in [4.69, 9.17) is 0 Å². The highest BCUT2D eigenvalue weighted by molar-refractivity contribution is 9.10. The molecule has 0 aliphatic rings. The molecule has 1 N–H and O–H groups in total. The van der Waals surface area contributed by atoms with Crippen LogP contribution in [0, 0.1) is 0 Å². The van der Waals surface area contributed by atoms with Crippen molar-refractivity contribution < 1.29 is 4.79 Å². The van der Waals surface area contributed by atoms with Gasteiger partial charge in [0.1, 0.15) is 0 Å². The van der Waals surface area contributed by atoms with Gasteiger partial charge in [-0.15, -0.1) is 0 Å². The summed E-state index contributed by atoms with van der Waals surface area (Å²) in [6, 6.07) is 9.97. The first-order valence-electron chi connectivity index (χ1n) is 6.74. The van der Waals surface area contributed by atoms with Gasteiger partial charge in [0.2, 0.25) is 0 Å². The highest BCUT2D eigenvalue weighted by atomic mass is 79.9. The summed E-state index contributed by atoms with van der Waals surface area (Å²) in [7, 11) is 0. The molecule has 5 heteroatoms. The van der Waals surface area contributed by atoms with E-state index in [1.807, 2.05) is 43.5 Å². The van der Waals surface area contributed by atoms with E-state index in [1.165, 1.54) is 0 Å². The van der Waals surface area contributed by atoms with Gasteiger partial charge in [0.15, 0.2) is 5.69 Å². The normalized spacial score (nSPS) is 12.2. The molecule has 0 aliphatic heterocycles. The molecule has 106 valence electrons. The number of carbonyl (C=O) groups excluding carboxylic acids is 1. The van der Waals surface area contributed by atoms with Gasteiger partial charge in [0, 0.05) is 12.7 Å².